The summed E-state index contributed by atoms with van der Waals surface area (Å²) in [5.74, 6) is 1.63. The van der Waals surface area contributed by atoms with Gasteiger partial charge in [0.1, 0.15) is 0 Å². The number of benzene rings is 1. The fourth-order valence-corrected chi connectivity index (χ4v) is 2.16. The minimum atomic E-state index is -0.138. The van der Waals surface area contributed by atoms with Gasteiger partial charge in [-0.1, -0.05) is 0 Å². The summed E-state index contributed by atoms with van der Waals surface area (Å²) >= 11 is 0. The number of nitrogens with two attached hydrogens (primary N) is 1. The van der Waals surface area contributed by atoms with Gasteiger partial charge in [0, 0.05) is 18.2 Å². The van der Waals surface area contributed by atoms with Gasteiger partial charge in [0.25, 0.3) is 5.91 Å². The van der Waals surface area contributed by atoms with E-state index in [2.05, 4.69) is 5.32 Å². The number of methoxy groups -OCH3 is 1. The van der Waals surface area contributed by atoms with Gasteiger partial charge in [-0.15, -0.1) is 0 Å². The van der Waals surface area contributed by atoms with Gasteiger partial charge in [0.15, 0.2) is 11.5 Å². The van der Waals surface area contributed by atoms with Crippen LogP contribution in [0.1, 0.15) is 37.0 Å². The first-order valence-electron chi connectivity index (χ1n) is 7.39. The van der Waals surface area contributed by atoms with Crippen LogP contribution in [0.2, 0.25) is 0 Å². The molecule has 2 rings (SSSR count). The molecule has 1 aromatic carbocycles. The third kappa shape index (κ3) is 4.36. The van der Waals surface area contributed by atoms with Crippen molar-refractivity contribution in [2.75, 3.05) is 13.7 Å². The minimum Gasteiger partial charge on any atom is -0.493 e. The largest absolute Gasteiger partial charge is 0.493 e. The van der Waals surface area contributed by atoms with Crippen LogP contribution in [-0.4, -0.2) is 31.7 Å². The number of amides is 1. The first kappa shape index (κ1) is 15.6. The molecule has 1 unspecified atom stereocenters. The van der Waals surface area contributed by atoms with Gasteiger partial charge >= 0.3 is 0 Å². The van der Waals surface area contributed by atoms with Crippen molar-refractivity contribution in [1.82, 2.24) is 5.32 Å². The number of hydrogen-bond acceptors (Lipinski definition) is 4. The van der Waals surface area contributed by atoms with Gasteiger partial charge in [0.2, 0.25) is 0 Å². The van der Waals surface area contributed by atoms with Gasteiger partial charge in [-0.05, 0) is 50.8 Å². The van der Waals surface area contributed by atoms with Crippen molar-refractivity contribution < 1.29 is 14.3 Å². The number of ether oxygens (including phenoxy) is 2. The first-order chi connectivity index (χ1) is 10.0. The highest BCUT2D eigenvalue weighted by molar-refractivity contribution is 5.94. The van der Waals surface area contributed by atoms with E-state index in [1.165, 1.54) is 12.8 Å². The third-order valence-electron chi connectivity index (χ3n) is 3.51. The van der Waals surface area contributed by atoms with E-state index in [9.17, 15) is 4.79 Å². The smallest absolute Gasteiger partial charge is 0.251 e. The second-order valence-corrected chi connectivity index (χ2v) is 5.74. The molecule has 0 bridgehead atoms. The van der Waals surface area contributed by atoms with E-state index in [0.717, 1.165) is 0 Å². The Morgan fingerprint density at radius 2 is 2.10 bits per heavy atom. The van der Waals surface area contributed by atoms with E-state index >= 15 is 0 Å². The van der Waals surface area contributed by atoms with E-state index in [4.69, 9.17) is 15.2 Å². The highest BCUT2D eigenvalue weighted by Crippen LogP contribution is 2.31. The molecule has 1 saturated carbocycles. The van der Waals surface area contributed by atoms with Crippen LogP contribution in [0, 0.1) is 5.92 Å². The van der Waals surface area contributed by atoms with Crippen LogP contribution in [0.5, 0.6) is 11.5 Å². The Hall–Kier alpha value is -1.75. The number of carbonyl (C=O) groups excluding carboxylic acids is 1. The molecular weight excluding hydrogens is 268 g/mol. The molecule has 0 radical (unpaired) electrons. The Morgan fingerprint density at radius 3 is 2.67 bits per heavy atom. The monoisotopic (exact) mass is 292 g/mol. The van der Waals surface area contributed by atoms with Crippen LogP contribution in [-0.2, 0) is 0 Å². The summed E-state index contributed by atoms with van der Waals surface area (Å²) in [5, 5.41) is 2.87. The molecule has 21 heavy (non-hydrogen) atoms. The Balaban J connectivity index is 1.99. The second kappa shape index (κ2) is 6.80. The first-order valence-corrected chi connectivity index (χ1v) is 7.39. The van der Waals surface area contributed by atoms with Crippen molar-refractivity contribution in [3.8, 4) is 11.5 Å². The molecule has 0 saturated heterocycles. The van der Waals surface area contributed by atoms with E-state index in [0.29, 0.717) is 29.5 Å². The van der Waals surface area contributed by atoms with Crippen molar-refractivity contribution in [2.45, 2.75) is 38.8 Å². The second-order valence-electron chi connectivity index (χ2n) is 5.74. The molecular formula is C16H24N2O3. The SMILES string of the molecule is COc1cc(C(=O)NCC(N)C2CC2)ccc1OC(C)C. The van der Waals surface area contributed by atoms with Crippen molar-refractivity contribution in [1.29, 1.82) is 0 Å². The summed E-state index contributed by atoms with van der Waals surface area (Å²) in [5.41, 5.74) is 6.53. The molecule has 0 spiro atoms. The van der Waals surface area contributed by atoms with Crippen molar-refractivity contribution in [3.63, 3.8) is 0 Å². The third-order valence-corrected chi connectivity index (χ3v) is 3.51. The summed E-state index contributed by atoms with van der Waals surface area (Å²) in [7, 11) is 1.56. The summed E-state index contributed by atoms with van der Waals surface area (Å²) in [4.78, 5) is 12.1. The molecule has 0 heterocycles. The molecule has 3 N–H and O–H groups in total. The zero-order valence-corrected chi connectivity index (χ0v) is 12.9. The van der Waals surface area contributed by atoms with E-state index in [-0.39, 0.29) is 18.1 Å². The molecule has 1 fully saturated rings. The van der Waals surface area contributed by atoms with Crippen molar-refractivity contribution in [3.05, 3.63) is 23.8 Å². The van der Waals surface area contributed by atoms with Crippen molar-refractivity contribution >= 4 is 5.91 Å². The predicted octanol–water partition coefficient (Wildman–Crippen LogP) is 1.95. The molecule has 1 aliphatic rings. The van der Waals surface area contributed by atoms with Crippen LogP contribution in [0.15, 0.2) is 18.2 Å². The highest BCUT2D eigenvalue weighted by Gasteiger charge is 2.28. The maximum atomic E-state index is 12.1. The van der Waals surface area contributed by atoms with Crippen LogP contribution >= 0.6 is 0 Å². The number of carbonyl (C=O) groups is 1. The molecule has 116 valence electrons. The quantitative estimate of drug-likeness (QED) is 0.805. The molecule has 5 heteroatoms. The van der Waals surface area contributed by atoms with E-state index in [1.54, 1.807) is 25.3 Å². The van der Waals surface area contributed by atoms with Gasteiger partial charge in [0.05, 0.1) is 13.2 Å². The lowest BCUT2D eigenvalue weighted by Gasteiger charge is -2.15. The Kier molecular flexibility index (Phi) is 5.07. The summed E-state index contributed by atoms with van der Waals surface area (Å²) in [6.45, 7) is 4.40. The average molecular weight is 292 g/mol. The Bertz CT molecular complexity index is 498. The van der Waals surface area contributed by atoms with Gasteiger partial charge < -0.3 is 20.5 Å². The summed E-state index contributed by atoms with van der Waals surface area (Å²) < 4.78 is 10.9. The lowest BCUT2D eigenvalue weighted by molar-refractivity contribution is 0.0950. The zero-order chi connectivity index (χ0) is 15.4. The molecule has 5 nitrogen and oxygen atoms in total. The number of hydrogen-bond donors (Lipinski definition) is 2. The van der Waals surface area contributed by atoms with Crippen molar-refractivity contribution in [2.24, 2.45) is 11.7 Å². The lowest BCUT2D eigenvalue weighted by atomic mass is 10.1. The summed E-state index contributed by atoms with van der Waals surface area (Å²) in [6.07, 6.45) is 2.40. The molecule has 1 aliphatic carbocycles. The van der Waals surface area contributed by atoms with Crippen LogP contribution in [0.3, 0.4) is 0 Å². The van der Waals surface area contributed by atoms with Gasteiger partial charge in [-0.2, -0.15) is 0 Å². The fourth-order valence-electron chi connectivity index (χ4n) is 2.16. The zero-order valence-electron chi connectivity index (χ0n) is 12.9. The van der Waals surface area contributed by atoms with Gasteiger partial charge in [-0.3, -0.25) is 4.79 Å². The molecule has 1 amide bonds. The van der Waals surface area contributed by atoms with Crippen LogP contribution in [0.4, 0.5) is 0 Å². The topological polar surface area (TPSA) is 73.6 Å². The maximum Gasteiger partial charge on any atom is 0.251 e. The summed E-state index contributed by atoms with van der Waals surface area (Å²) in [6, 6.07) is 5.24. The van der Waals surface area contributed by atoms with E-state index in [1.807, 2.05) is 13.8 Å². The van der Waals surface area contributed by atoms with Gasteiger partial charge in [-0.25, -0.2) is 0 Å². The number of nitrogens with one attached hydrogen (secondary N) is 1. The number of rotatable bonds is 7. The normalized spacial score (nSPS) is 15.7. The Morgan fingerprint density at radius 1 is 1.38 bits per heavy atom. The standard InChI is InChI=1S/C16H24N2O3/c1-10(2)21-14-7-6-12(8-15(14)20-3)16(19)18-9-13(17)11-4-5-11/h6-8,10-11,13H,4-5,9,17H2,1-3H3,(H,18,19). The molecule has 0 aliphatic heterocycles. The van der Waals surface area contributed by atoms with Crippen LogP contribution < -0.4 is 20.5 Å². The average Bonchev–Trinajstić information content (AvgIpc) is 3.28. The molecule has 1 aromatic rings. The maximum absolute atomic E-state index is 12.1. The molecule has 0 aromatic heterocycles. The van der Waals surface area contributed by atoms with E-state index < -0.39 is 0 Å². The highest BCUT2D eigenvalue weighted by atomic mass is 16.5. The fraction of sp³-hybridized carbons (Fsp3) is 0.562. The Labute approximate surface area is 125 Å². The molecule has 1 atom stereocenters. The predicted molar refractivity (Wildman–Crippen MR) is 81.8 cm³/mol. The lowest BCUT2D eigenvalue weighted by Crippen LogP contribution is -2.38. The minimum absolute atomic E-state index is 0.0510. The van der Waals surface area contributed by atoms with Crippen LogP contribution in [0.25, 0.3) is 0 Å².